The summed E-state index contributed by atoms with van der Waals surface area (Å²) in [5.41, 5.74) is 1.32. The molecular weight excluding hydrogens is 244 g/mol. The highest BCUT2D eigenvalue weighted by atomic mass is 16.5. The van der Waals surface area contributed by atoms with E-state index in [9.17, 15) is 9.90 Å². The predicted molar refractivity (Wildman–Crippen MR) is 72.0 cm³/mol. The summed E-state index contributed by atoms with van der Waals surface area (Å²) in [4.78, 5) is 16.3. The molecule has 1 aromatic carbocycles. The van der Waals surface area contributed by atoms with Gasteiger partial charge in [-0.1, -0.05) is 12.1 Å². The highest BCUT2D eigenvalue weighted by Crippen LogP contribution is 2.16. The molecule has 1 unspecified atom stereocenters. The summed E-state index contributed by atoms with van der Waals surface area (Å²) in [6.45, 7) is 0.348. The molecule has 0 aliphatic carbocycles. The number of aromatic nitrogens is 1. The average molecular weight is 260 g/mol. The van der Waals surface area contributed by atoms with Crippen LogP contribution in [0.3, 0.4) is 0 Å². The van der Waals surface area contributed by atoms with Crippen LogP contribution < -0.4 is 5.32 Å². The van der Waals surface area contributed by atoms with Gasteiger partial charge in [-0.25, -0.2) is 0 Å². The second kappa shape index (κ2) is 6.26. The van der Waals surface area contributed by atoms with Crippen LogP contribution in [0.15, 0.2) is 36.5 Å². The Balaban J connectivity index is 2.13. The number of hydrogen-bond donors (Lipinski definition) is 2. The average Bonchev–Trinajstić information content (AvgIpc) is 2.44. The number of fused-ring (bicyclic) bond motifs is 1. The topological polar surface area (TPSA) is 71.5 Å². The zero-order valence-corrected chi connectivity index (χ0v) is 10.7. The number of rotatable bonds is 5. The SMILES string of the molecule is COCC(O)CNC(=O)c1cccc2ncccc12. The molecule has 1 heterocycles. The molecule has 5 nitrogen and oxygen atoms in total. The Labute approximate surface area is 111 Å². The highest BCUT2D eigenvalue weighted by molar-refractivity contribution is 6.06. The molecule has 0 fully saturated rings. The van der Waals surface area contributed by atoms with E-state index in [0.29, 0.717) is 5.56 Å². The smallest absolute Gasteiger partial charge is 0.252 e. The van der Waals surface area contributed by atoms with Crippen molar-refractivity contribution in [3.63, 3.8) is 0 Å². The van der Waals surface area contributed by atoms with Crippen LogP contribution in [0, 0.1) is 0 Å². The number of ether oxygens (including phenoxy) is 1. The summed E-state index contributed by atoms with van der Waals surface area (Å²) in [7, 11) is 1.50. The van der Waals surface area contributed by atoms with Crippen molar-refractivity contribution < 1.29 is 14.6 Å². The molecule has 100 valence electrons. The van der Waals surface area contributed by atoms with Gasteiger partial charge in [-0.15, -0.1) is 0 Å². The Kier molecular flexibility index (Phi) is 4.43. The number of pyridine rings is 1. The molecule has 0 bridgehead atoms. The van der Waals surface area contributed by atoms with Crippen LogP contribution in [0.5, 0.6) is 0 Å². The number of carbonyl (C=O) groups is 1. The van der Waals surface area contributed by atoms with Crippen LogP contribution in [0.4, 0.5) is 0 Å². The number of carbonyl (C=O) groups excluding carboxylic acids is 1. The maximum Gasteiger partial charge on any atom is 0.252 e. The molecule has 1 amide bonds. The van der Waals surface area contributed by atoms with E-state index in [-0.39, 0.29) is 19.1 Å². The maximum atomic E-state index is 12.1. The summed E-state index contributed by atoms with van der Waals surface area (Å²) < 4.78 is 4.80. The molecule has 2 N–H and O–H groups in total. The zero-order chi connectivity index (χ0) is 13.7. The monoisotopic (exact) mass is 260 g/mol. The Hall–Kier alpha value is -1.98. The number of nitrogens with zero attached hydrogens (tertiary/aromatic N) is 1. The molecule has 0 spiro atoms. The number of benzene rings is 1. The normalized spacial score (nSPS) is 12.3. The lowest BCUT2D eigenvalue weighted by Gasteiger charge is -2.11. The van der Waals surface area contributed by atoms with Crippen LogP contribution in [-0.4, -0.2) is 42.4 Å². The summed E-state index contributed by atoms with van der Waals surface area (Å²) in [5, 5.41) is 13.0. The third kappa shape index (κ3) is 3.27. The van der Waals surface area contributed by atoms with Gasteiger partial charge in [-0.3, -0.25) is 9.78 Å². The fraction of sp³-hybridized carbons (Fsp3) is 0.286. The summed E-state index contributed by atoms with van der Waals surface area (Å²) in [5.74, 6) is -0.228. The molecule has 19 heavy (non-hydrogen) atoms. The zero-order valence-electron chi connectivity index (χ0n) is 10.7. The van der Waals surface area contributed by atoms with Gasteiger partial charge in [0.05, 0.1) is 18.2 Å². The lowest BCUT2D eigenvalue weighted by Crippen LogP contribution is -2.34. The third-order valence-electron chi connectivity index (χ3n) is 2.75. The minimum atomic E-state index is -0.706. The first-order chi connectivity index (χ1) is 9.22. The Morgan fingerprint density at radius 2 is 2.26 bits per heavy atom. The number of hydrogen-bond acceptors (Lipinski definition) is 4. The van der Waals surface area contributed by atoms with Gasteiger partial charge < -0.3 is 15.2 Å². The largest absolute Gasteiger partial charge is 0.389 e. The van der Waals surface area contributed by atoms with Crippen LogP contribution in [0.2, 0.25) is 0 Å². The fourth-order valence-electron chi connectivity index (χ4n) is 1.86. The van der Waals surface area contributed by atoms with E-state index in [1.54, 1.807) is 24.4 Å². The van der Waals surface area contributed by atoms with Crippen LogP contribution >= 0.6 is 0 Å². The van der Waals surface area contributed by atoms with Crippen LogP contribution in [-0.2, 0) is 4.74 Å². The van der Waals surface area contributed by atoms with Crippen molar-refractivity contribution in [2.45, 2.75) is 6.10 Å². The van der Waals surface area contributed by atoms with Crippen molar-refractivity contribution in [2.24, 2.45) is 0 Å². The van der Waals surface area contributed by atoms with E-state index < -0.39 is 6.10 Å². The first-order valence-corrected chi connectivity index (χ1v) is 6.01. The van der Waals surface area contributed by atoms with Gasteiger partial charge in [-0.2, -0.15) is 0 Å². The molecule has 1 atom stereocenters. The van der Waals surface area contributed by atoms with E-state index in [2.05, 4.69) is 10.3 Å². The molecule has 0 radical (unpaired) electrons. The second-order valence-corrected chi connectivity index (χ2v) is 4.19. The van der Waals surface area contributed by atoms with Gasteiger partial charge in [0.25, 0.3) is 5.91 Å². The van der Waals surface area contributed by atoms with E-state index >= 15 is 0 Å². The van der Waals surface area contributed by atoms with Gasteiger partial charge >= 0.3 is 0 Å². The van der Waals surface area contributed by atoms with E-state index in [0.717, 1.165) is 10.9 Å². The lowest BCUT2D eigenvalue weighted by atomic mass is 10.1. The molecule has 2 aromatic rings. The minimum absolute atomic E-state index is 0.156. The first kappa shape index (κ1) is 13.5. The fourth-order valence-corrected chi connectivity index (χ4v) is 1.86. The van der Waals surface area contributed by atoms with Gasteiger partial charge in [0, 0.05) is 30.8 Å². The van der Waals surface area contributed by atoms with Crippen molar-refractivity contribution in [1.29, 1.82) is 0 Å². The Morgan fingerprint density at radius 1 is 1.42 bits per heavy atom. The Morgan fingerprint density at radius 3 is 3.05 bits per heavy atom. The van der Waals surface area contributed by atoms with Crippen LogP contribution in [0.25, 0.3) is 10.9 Å². The molecular formula is C14H16N2O3. The molecule has 1 aromatic heterocycles. The Bertz CT molecular complexity index is 566. The van der Waals surface area contributed by atoms with E-state index in [1.165, 1.54) is 7.11 Å². The van der Waals surface area contributed by atoms with Crippen molar-refractivity contribution in [3.05, 3.63) is 42.1 Å². The van der Waals surface area contributed by atoms with Crippen molar-refractivity contribution in [2.75, 3.05) is 20.3 Å². The quantitative estimate of drug-likeness (QED) is 0.840. The van der Waals surface area contributed by atoms with Crippen molar-refractivity contribution >= 4 is 16.8 Å². The number of aliphatic hydroxyl groups is 1. The summed E-state index contributed by atoms with van der Waals surface area (Å²) >= 11 is 0. The van der Waals surface area contributed by atoms with E-state index in [4.69, 9.17) is 4.74 Å². The van der Waals surface area contributed by atoms with E-state index in [1.807, 2.05) is 12.1 Å². The number of nitrogens with one attached hydrogen (secondary N) is 1. The predicted octanol–water partition coefficient (Wildman–Crippen LogP) is 0.972. The third-order valence-corrected chi connectivity index (χ3v) is 2.75. The highest BCUT2D eigenvalue weighted by Gasteiger charge is 2.11. The van der Waals surface area contributed by atoms with Crippen molar-refractivity contribution in [3.8, 4) is 0 Å². The first-order valence-electron chi connectivity index (χ1n) is 6.01. The lowest BCUT2D eigenvalue weighted by molar-refractivity contribution is 0.0610. The van der Waals surface area contributed by atoms with Gasteiger partial charge in [0.15, 0.2) is 0 Å². The molecule has 0 saturated carbocycles. The molecule has 0 aliphatic heterocycles. The molecule has 2 rings (SSSR count). The number of amides is 1. The maximum absolute atomic E-state index is 12.1. The van der Waals surface area contributed by atoms with Gasteiger partial charge in [0.2, 0.25) is 0 Å². The van der Waals surface area contributed by atoms with Crippen molar-refractivity contribution in [1.82, 2.24) is 10.3 Å². The number of methoxy groups -OCH3 is 1. The minimum Gasteiger partial charge on any atom is -0.389 e. The molecule has 0 saturated heterocycles. The van der Waals surface area contributed by atoms with Crippen LogP contribution in [0.1, 0.15) is 10.4 Å². The molecule has 0 aliphatic rings. The standard InChI is InChI=1S/C14H16N2O3/c1-19-9-10(17)8-16-14(18)12-4-2-6-13-11(12)5-3-7-15-13/h2-7,10,17H,8-9H2,1H3,(H,16,18). The summed E-state index contributed by atoms with van der Waals surface area (Å²) in [6, 6.07) is 9.02. The second-order valence-electron chi connectivity index (χ2n) is 4.19. The van der Waals surface area contributed by atoms with Gasteiger partial charge in [-0.05, 0) is 18.2 Å². The summed E-state index contributed by atoms with van der Waals surface area (Å²) in [6.07, 6.45) is 0.980. The number of aliphatic hydroxyl groups excluding tert-OH is 1. The van der Waals surface area contributed by atoms with Gasteiger partial charge in [0.1, 0.15) is 0 Å². The molecule has 5 heteroatoms.